The fourth-order valence-corrected chi connectivity index (χ4v) is 1.51. The maximum Gasteiger partial charge on any atom is 0.407 e. The molecular formula is C14H27N3O6. The molecule has 1 heterocycles. The van der Waals surface area contributed by atoms with Crippen LogP contribution in [0.3, 0.4) is 0 Å². The van der Waals surface area contributed by atoms with Gasteiger partial charge in [-0.1, -0.05) is 5.59 Å². The molecule has 0 saturated heterocycles. The van der Waals surface area contributed by atoms with Crippen molar-refractivity contribution in [1.29, 1.82) is 0 Å². The van der Waals surface area contributed by atoms with Crippen LogP contribution in [0.15, 0.2) is 12.1 Å². The molecule has 23 heavy (non-hydrogen) atoms. The normalized spacial score (nSPS) is 14.3. The average Bonchev–Trinajstić information content (AvgIpc) is 2.91. The van der Waals surface area contributed by atoms with Crippen molar-refractivity contribution in [3.05, 3.63) is 12.1 Å². The second kappa shape index (κ2) is 10.1. The molecule has 0 aromatic rings. The van der Waals surface area contributed by atoms with Crippen LogP contribution < -0.4 is 10.9 Å². The summed E-state index contributed by atoms with van der Waals surface area (Å²) in [7, 11) is 1.53. The highest BCUT2D eigenvalue weighted by molar-refractivity contribution is 5.67. The Bertz CT molecular complexity index is 383. The van der Waals surface area contributed by atoms with E-state index in [0.717, 1.165) is 0 Å². The Balaban J connectivity index is 1.87. The van der Waals surface area contributed by atoms with Gasteiger partial charge in [0.05, 0.1) is 40.1 Å². The molecule has 0 aromatic carbocycles. The second-order valence-corrected chi connectivity index (χ2v) is 5.69. The van der Waals surface area contributed by atoms with E-state index in [1.807, 2.05) is 20.8 Å². The number of alkyl carbamates (subject to hydrolysis) is 1. The molecule has 0 radical (unpaired) electrons. The van der Waals surface area contributed by atoms with Crippen LogP contribution in [0, 0.1) is 0 Å². The number of amides is 1. The van der Waals surface area contributed by atoms with E-state index in [0.29, 0.717) is 45.5 Å². The quantitative estimate of drug-likeness (QED) is 0.566. The molecule has 1 rings (SSSR count). The summed E-state index contributed by atoms with van der Waals surface area (Å²) in [4.78, 5) is 16.3. The molecule has 0 saturated carbocycles. The Hall–Kier alpha value is -1.71. The monoisotopic (exact) mass is 333 g/mol. The van der Waals surface area contributed by atoms with Gasteiger partial charge in [-0.15, -0.1) is 0 Å². The van der Waals surface area contributed by atoms with E-state index in [4.69, 9.17) is 23.8 Å². The molecule has 1 aliphatic rings. The SMILES string of the molecule is COC1=CN(CCOCCOCCNC(=O)OC(C)(C)C)NO1. The predicted molar refractivity (Wildman–Crippen MR) is 81.9 cm³/mol. The number of nitrogens with zero attached hydrogens (tertiary/aromatic N) is 1. The number of carbonyl (C=O) groups is 1. The minimum atomic E-state index is -0.493. The van der Waals surface area contributed by atoms with E-state index in [9.17, 15) is 4.79 Å². The van der Waals surface area contributed by atoms with E-state index < -0.39 is 11.7 Å². The molecule has 0 unspecified atom stereocenters. The van der Waals surface area contributed by atoms with Crippen LogP contribution in [0.25, 0.3) is 0 Å². The predicted octanol–water partition coefficient (Wildman–Crippen LogP) is 0.741. The summed E-state index contributed by atoms with van der Waals surface area (Å²) in [5.74, 6) is 0.408. The van der Waals surface area contributed by atoms with Crippen molar-refractivity contribution in [2.24, 2.45) is 0 Å². The molecular weight excluding hydrogens is 306 g/mol. The van der Waals surface area contributed by atoms with Crippen molar-refractivity contribution in [2.45, 2.75) is 26.4 Å². The third-order valence-corrected chi connectivity index (χ3v) is 2.49. The van der Waals surface area contributed by atoms with E-state index in [2.05, 4.69) is 10.9 Å². The van der Waals surface area contributed by atoms with Crippen LogP contribution in [0.1, 0.15) is 20.8 Å². The largest absolute Gasteiger partial charge is 0.466 e. The van der Waals surface area contributed by atoms with Crippen LogP contribution in [-0.2, 0) is 23.8 Å². The minimum Gasteiger partial charge on any atom is -0.466 e. The Morgan fingerprint density at radius 3 is 2.57 bits per heavy atom. The number of carbonyl (C=O) groups excluding carboxylic acids is 1. The topological polar surface area (TPSA) is 90.5 Å². The van der Waals surface area contributed by atoms with E-state index in [1.165, 1.54) is 7.11 Å². The zero-order chi connectivity index (χ0) is 17.1. The molecule has 0 aliphatic carbocycles. The fraction of sp³-hybridized carbons (Fsp3) is 0.786. The summed E-state index contributed by atoms with van der Waals surface area (Å²) >= 11 is 0. The van der Waals surface area contributed by atoms with Crippen LogP contribution >= 0.6 is 0 Å². The lowest BCUT2D eigenvalue weighted by atomic mass is 10.2. The number of rotatable bonds is 10. The molecule has 0 bridgehead atoms. The standard InChI is InChI=1S/C14H27N3O6/c1-14(2,3)22-13(18)15-5-7-20-9-10-21-8-6-17-11-12(19-4)23-16-17/h11,16H,5-10H2,1-4H3,(H,15,18). The molecule has 0 atom stereocenters. The Morgan fingerprint density at radius 1 is 1.26 bits per heavy atom. The highest BCUT2D eigenvalue weighted by Gasteiger charge is 2.15. The van der Waals surface area contributed by atoms with Crippen LogP contribution in [0.5, 0.6) is 0 Å². The van der Waals surface area contributed by atoms with Crippen LogP contribution in [0.4, 0.5) is 4.79 Å². The van der Waals surface area contributed by atoms with Gasteiger partial charge in [-0.2, -0.15) is 0 Å². The van der Waals surface area contributed by atoms with Crippen LogP contribution in [-0.4, -0.2) is 63.3 Å². The smallest absolute Gasteiger partial charge is 0.407 e. The van der Waals surface area contributed by atoms with Gasteiger partial charge in [0.25, 0.3) is 0 Å². The number of hydrogen-bond acceptors (Lipinski definition) is 8. The summed E-state index contributed by atoms with van der Waals surface area (Å²) in [5.41, 5.74) is 2.16. The zero-order valence-corrected chi connectivity index (χ0v) is 14.2. The molecule has 1 amide bonds. The molecule has 134 valence electrons. The first kappa shape index (κ1) is 19.3. The third-order valence-electron chi connectivity index (χ3n) is 2.49. The van der Waals surface area contributed by atoms with Crippen molar-refractivity contribution in [3.63, 3.8) is 0 Å². The molecule has 9 nitrogen and oxygen atoms in total. The van der Waals surface area contributed by atoms with E-state index >= 15 is 0 Å². The first-order valence-electron chi connectivity index (χ1n) is 7.48. The molecule has 0 fully saturated rings. The average molecular weight is 333 g/mol. The van der Waals surface area contributed by atoms with Gasteiger partial charge in [0, 0.05) is 6.54 Å². The molecule has 1 aliphatic heterocycles. The molecule has 0 spiro atoms. The van der Waals surface area contributed by atoms with Gasteiger partial charge in [0.15, 0.2) is 0 Å². The zero-order valence-electron chi connectivity index (χ0n) is 14.2. The van der Waals surface area contributed by atoms with Gasteiger partial charge >= 0.3 is 12.0 Å². The molecule has 0 aromatic heterocycles. The van der Waals surface area contributed by atoms with Gasteiger partial charge in [-0.05, 0) is 20.8 Å². The lowest BCUT2D eigenvalue weighted by Crippen LogP contribution is -2.34. The summed E-state index contributed by atoms with van der Waals surface area (Å²) in [6, 6.07) is 0. The van der Waals surface area contributed by atoms with E-state index in [-0.39, 0.29) is 0 Å². The molecule has 9 heteroatoms. The lowest BCUT2D eigenvalue weighted by Gasteiger charge is -2.19. The van der Waals surface area contributed by atoms with Gasteiger partial charge in [-0.25, -0.2) is 4.79 Å². The lowest BCUT2D eigenvalue weighted by molar-refractivity contribution is -0.0417. The summed E-state index contributed by atoms with van der Waals surface area (Å²) < 4.78 is 20.8. The van der Waals surface area contributed by atoms with E-state index in [1.54, 1.807) is 11.2 Å². The first-order chi connectivity index (χ1) is 10.9. The van der Waals surface area contributed by atoms with Gasteiger partial charge in [0.1, 0.15) is 11.8 Å². The highest BCUT2D eigenvalue weighted by atomic mass is 16.8. The number of methoxy groups -OCH3 is 1. The Labute approximate surface area is 136 Å². The van der Waals surface area contributed by atoms with Crippen molar-refractivity contribution in [2.75, 3.05) is 46.6 Å². The van der Waals surface area contributed by atoms with Crippen molar-refractivity contribution >= 4 is 6.09 Å². The maximum absolute atomic E-state index is 11.4. The van der Waals surface area contributed by atoms with Gasteiger partial charge in [-0.3, -0.25) is 5.01 Å². The van der Waals surface area contributed by atoms with Crippen molar-refractivity contribution in [1.82, 2.24) is 15.9 Å². The Kier molecular flexibility index (Phi) is 8.52. The minimum absolute atomic E-state index is 0.397. The van der Waals surface area contributed by atoms with Crippen molar-refractivity contribution in [3.8, 4) is 0 Å². The fourth-order valence-electron chi connectivity index (χ4n) is 1.51. The third kappa shape index (κ3) is 9.82. The maximum atomic E-state index is 11.4. The number of hydrogen-bond donors (Lipinski definition) is 2. The summed E-state index contributed by atoms with van der Waals surface area (Å²) in [5, 5.41) is 4.33. The second-order valence-electron chi connectivity index (χ2n) is 5.69. The summed E-state index contributed by atoms with van der Waals surface area (Å²) in [6.45, 7) is 8.32. The summed E-state index contributed by atoms with van der Waals surface area (Å²) in [6.07, 6.45) is 1.25. The Morgan fingerprint density at radius 2 is 1.96 bits per heavy atom. The molecule has 2 N–H and O–H groups in total. The van der Waals surface area contributed by atoms with Crippen LogP contribution in [0.2, 0.25) is 0 Å². The number of nitrogens with one attached hydrogen (secondary N) is 2. The highest BCUT2D eigenvalue weighted by Crippen LogP contribution is 2.06. The van der Waals surface area contributed by atoms with Crippen molar-refractivity contribution < 1.29 is 28.6 Å². The number of hydrazine groups is 1. The first-order valence-corrected chi connectivity index (χ1v) is 7.48. The number of ether oxygens (including phenoxy) is 4. The van der Waals surface area contributed by atoms with Gasteiger partial charge in [0.2, 0.25) is 0 Å². The van der Waals surface area contributed by atoms with Gasteiger partial charge < -0.3 is 29.1 Å².